The van der Waals surface area contributed by atoms with Gasteiger partial charge >= 0.3 is 0 Å². The third-order valence-corrected chi connectivity index (χ3v) is 4.86. The number of nitrogens with one attached hydrogen (secondary N) is 1. The molecule has 0 fully saturated rings. The van der Waals surface area contributed by atoms with Gasteiger partial charge in [0.1, 0.15) is 11.5 Å². The van der Waals surface area contributed by atoms with E-state index in [2.05, 4.69) is 0 Å². The molecule has 0 unspecified atom stereocenters. The molecule has 5 nitrogen and oxygen atoms in total. The van der Waals surface area contributed by atoms with E-state index in [0.29, 0.717) is 32.7 Å². The van der Waals surface area contributed by atoms with E-state index < -0.39 is 15.9 Å². The molecule has 0 spiro atoms. The van der Waals surface area contributed by atoms with Crippen LogP contribution >= 0.6 is 23.2 Å². The van der Waals surface area contributed by atoms with Crippen LogP contribution in [0.25, 0.3) is 11.1 Å². The molecule has 28 heavy (non-hydrogen) atoms. The molecule has 144 valence electrons. The van der Waals surface area contributed by atoms with Crippen LogP contribution in [0.1, 0.15) is 10.4 Å². The van der Waals surface area contributed by atoms with Crippen molar-refractivity contribution >= 4 is 39.1 Å². The quantitative estimate of drug-likeness (QED) is 0.601. The summed E-state index contributed by atoms with van der Waals surface area (Å²) in [5.41, 5.74) is 1.34. The Morgan fingerprint density at radius 1 is 0.929 bits per heavy atom. The van der Waals surface area contributed by atoms with Crippen molar-refractivity contribution in [2.24, 2.45) is 0 Å². The van der Waals surface area contributed by atoms with Crippen LogP contribution in [0.4, 0.5) is 0 Å². The number of benzene rings is 3. The molecule has 0 aromatic heterocycles. The molecule has 0 saturated heterocycles. The Bertz CT molecular complexity index is 1130. The van der Waals surface area contributed by atoms with Gasteiger partial charge in [-0.2, -0.15) is 0 Å². The van der Waals surface area contributed by atoms with Crippen LogP contribution in [0.3, 0.4) is 0 Å². The van der Waals surface area contributed by atoms with Crippen molar-refractivity contribution in [1.29, 1.82) is 0 Å². The summed E-state index contributed by atoms with van der Waals surface area (Å²) >= 11 is 12.2. The monoisotopic (exact) mass is 435 g/mol. The minimum Gasteiger partial charge on any atom is -0.457 e. The van der Waals surface area contributed by atoms with Crippen molar-refractivity contribution in [3.05, 3.63) is 82.3 Å². The molecule has 8 heteroatoms. The molecule has 0 aliphatic carbocycles. The molecule has 0 atom stereocenters. The molecule has 1 N–H and O–H groups in total. The van der Waals surface area contributed by atoms with Gasteiger partial charge in [-0.05, 0) is 48.5 Å². The van der Waals surface area contributed by atoms with E-state index in [1.54, 1.807) is 54.6 Å². The van der Waals surface area contributed by atoms with E-state index in [1.807, 2.05) is 4.72 Å². The van der Waals surface area contributed by atoms with Crippen LogP contribution < -0.4 is 9.46 Å². The molecule has 0 radical (unpaired) electrons. The van der Waals surface area contributed by atoms with Crippen molar-refractivity contribution in [2.45, 2.75) is 0 Å². The third kappa shape index (κ3) is 5.04. The molecular formula is C20H15Cl2NO4S. The normalized spacial score (nSPS) is 11.1. The van der Waals surface area contributed by atoms with E-state index in [9.17, 15) is 13.2 Å². The van der Waals surface area contributed by atoms with Gasteiger partial charge in [0, 0.05) is 26.7 Å². The lowest BCUT2D eigenvalue weighted by atomic mass is 10.0. The summed E-state index contributed by atoms with van der Waals surface area (Å²) < 4.78 is 30.6. The molecular weight excluding hydrogens is 421 g/mol. The predicted octanol–water partition coefficient (Wildman–Crippen LogP) is 5.14. The molecule has 3 rings (SSSR count). The lowest BCUT2D eigenvalue weighted by molar-refractivity contribution is 0.0981. The Labute approximate surface area is 172 Å². The molecule has 0 heterocycles. The first-order valence-corrected chi connectivity index (χ1v) is 10.7. The second kappa shape index (κ2) is 8.22. The van der Waals surface area contributed by atoms with Gasteiger partial charge in [0.2, 0.25) is 10.0 Å². The Morgan fingerprint density at radius 3 is 2.25 bits per heavy atom. The standard InChI is InChI=1S/C20H15Cl2NO4S/c1-28(25,26)23-20(24)13-6-11-19(27-15-9-7-14(21)8-10-15)17(12-13)16-4-2-3-5-18(16)22/h2-12H,1H3,(H,23,24). The summed E-state index contributed by atoms with van der Waals surface area (Å²) in [5, 5.41) is 1.04. The smallest absolute Gasteiger partial charge is 0.264 e. The average molecular weight is 436 g/mol. The van der Waals surface area contributed by atoms with Gasteiger partial charge in [-0.1, -0.05) is 41.4 Å². The minimum atomic E-state index is -3.69. The Kier molecular flexibility index (Phi) is 5.93. The number of halogens is 2. The van der Waals surface area contributed by atoms with Crippen LogP contribution in [0.2, 0.25) is 10.0 Å². The summed E-state index contributed by atoms with van der Waals surface area (Å²) in [6.45, 7) is 0. The number of sulfonamides is 1. The topological polar surface area (TPSA) is 72.5 Å². The van der Waals surface area contributed by atoms with Crippen molar-refractivity contribution in [2.75, 3.05) is 6.26 Å². The number of carbonyl (C=O) groups excluding carboxylic acids is 1. The van der Waals surface area contributed by atoms with Crippen molar-refractivity contribution in [3.8, 4) is 22.6 Å². The average Bonchev–Trinajstić information content (AvgIpc) is 2.63. The fraction of sp³-hybridized carbons (Fsp3) is 0.0500. The van der Waals surface area contributed by atoms with Gasteiger partial charge in [-0.25, -0.2) is 13.1 Å². The number of amides is 1. The lowest BCUT2D eigenvalue weighted by Crippen LogP contribution is -2.29. The number of carbonyl (C=O) groups is 1. The van der Waals surface area contributed by atoms with E-state index >= 15 is 0 Å². The van der Waals surface area contributed by atoms with E-state index in [4.69, 9.17) is 27.9 Å². The second-order valence-electron chi connectivity index (χ2n) is 5.95. The SMILES string of the molecule is CS(=O)(=O)NC(=O)c1ccc(Oc2ccc(Cl)cc2)c(-c2ccccc2Cl)c1. The summed E-state index contributed by atoms with van der Waals surface area (Å²) in [6.07, 6.45) is 0.915. The van der Waals surface area contributed by atoms with Crippen LogP contribution in [-0.2, 0) is 10.0 Å². The second-order valence-corrected chi connectivity index (χ2v) is 8.54. The van der Waals surface area contributed by atoms with Gasteiger partial charge in [-0.3, -0.25) is 4.79 Å². The molecule has 0 saturated carbocycles. The van der Waals surface area contributed by atoms with Gasteiger partial charge < -0.3 is 4.74 Å². The maximum atomic E-state index is 12.3. The highest BCUT2D eigenvalue weighted by Crippen LogP contribution is 2.38. The van der Waals surface area contributed by atoms with Crippen LogP contribution in [0.15, 0.2) is 66.7 Å². The summed E-state index contributed by atoms with van der Waals surface area (Å²) in [5.74, 6) is 0.256. The van der Waals surface area contributed by atoms with Crippen LogP contribution in [0.5, 0.6) is 11.5 Å². The Balaban J connectivity index is 2.07. The maximum absolute atomic E-state index is 12.3. The Morgan fingerprint density at radius 2 is 1.61 bits per heavy atom. The summed E-state index contributed by atoms with van der Waals surface area (Å²) in [7, 11) is -3.69. The van der Waals surface area contributed by atoms with E-state index in [-0.39, 0.29) is 5.56 Å². The molecule has 0 aliphatic heterocycles. The van der Waals surface area contributed by atoms with Crippen LogP contribution in [0, 0.1) is 0 Å². The number of hydrogen-bond donors (Lipinski definition) is 1. The number of hydrogen-bond acceptors (Lipinski definition) is 4. The summed E-state index contributed by atoms with van der Waals surface area (Å²) in [6, 6.07) is 18.5. The molecule has 0 bridgehead atoms. The highest BCUT2D eigenvalue weighted by atomic mass is 35.5. The first-order chi connectivity index (χ1) is 13.2. The highest BCUT2D eigenvalue weighted by Gasteiger charge is 2.17. The van der Waals surface area contributed by atoms with Gasteiger partial charge in [-0.15, -0.1) is 0 Å². The van der Waals surface area contributed by atoms with Gasteiger partial charge in [0.05, 0.1) is 6.26 Å². The first kappa shape index (κ1) is 20.2. The molecule has 1 amide bonds. The molecule has 3 aromatic rings. The zero-order valence-electron chi connectivity index (χ0n) is 14.6. The van der Waals surface area contributed by atoms with Gasteiger partial charge in [0.25, 0.3) is 5.91 Å². The number of rotatable bonds is 5. The van der Waals surface area contributed by atoms with Crippen molar-refractivity contribution < 1.29 is 17.9 Å². The minimum absolute atomic E-state index is 0.156. The molecule has 0 aliphatic rings. The maximum Gasteiger partial charge on any atom is 0.264 e. The van der Waals surface area contributed by atoms with Gasteiger partial charge in [0.15, 0.2) is 0 Å². The van der Waals surface area contributed by atoms with Crippen LogP contribution in [-0.4, -0.2) is 20.6 Å². The lowest BCUT2D eigenvalue weighted by Gasteiger charge is -2.14. The van der Waals surface area contributed by atoms with E-state index in [1.165, 1.54) is 12.1 Å². The van der Waals surface area contributed by atoms with Crippen molar-refractivity contribution in [3.63, 3.8) is 0 Å². The van der Waals surface area contributed by atoms with Crippen molar-refractivity contribution in [1.82, 2.24) is 4.72 Å². The first-order valence-electron chi connectivity index (χ1n) is 8.07. The highest BCUT2D eigenvalue weighted by molar-refractivity contribution is 7.89. The number of ether oxygens (including phenoxy) is 1. The zero-order chi connectivity index (χ0) is 20.3. The summed E-state index contributed by atoms with van der Waals surface area (Å²) in [4.78, 5) is 12.3. The Hall–Kier alpha value is -2.54. The predicted molar refractivity (Wildman–Crippen MR) is 111 cm³/mol. The largest absolute Gasteiger partial charge is 0.457 e. The molecule has 3 aromatic carbocycles. The van der Waals surface area contributed by atoms with E-state index in [0.717, 1.165) is 6.26 Å². The zero-order valence-corrected chi connectivity index (χ0v) is 17.0. The fourth-order valence-electron chi connectivity index (χ4n) is 2.51. The third-order valence-electron chi connectivity index (χ3n) is 3.73. The fourth-order valence-corrected chi connectivity index (χ4v) is 3.33.